The molecule has 0 bridgehead atoms. The number of pyridine rings is 1. The van der Waals surface area contributed by atoms with Crippen molar-refractivity contribution in [3.05, 3.63) is 63.7 Å². The van der Waals surface area contributed by atoms with Crippen LogP contribution in [0, 0.1) is 0 Å². The quantitative estimate of drug-likeness (QED) is 0.453. The molecule has 1 fully saturated rings. The summed E-state index contributed by atoms with van der Waals surface area (Å²) in [6, 6.07) is 11.8. The van der Waals surface area contributed by atoms with E-state index in [0.29, 0.717) is 26.2 Å². The van der Waals surface area contributed by atoms with Gasteiger partial charge in [-0.3, -0.25) is 14.6 Å². The molecule has 0 aliphatic carbocycles. The Morgan fingerprint density at radius 3 is 2.43 bits per heavy atom. The molecule has 0 saturated carbocycles. The van der Waals surface area contributed by atoms with Gasteiger partial charge in [0.15, 0.2) is 0 Å². The number of fused-ring (bicyclic) bond motifs is 1. The molecule has 6 nitrogen and oxygen atoms in total. The molecule has 0 aromatic carbocycles. The molecule has 9 heteroatoms. The molecule has 4 aromatic rings. The van der Waals surface area contributed by atoms with E-state index in [1.54, 1.807) is 33.5 Å². The lowest BCUT2D eigenvalue weighted by Crippen LogP contribution is -2.53. The molecular formula is C21H17ClN4O2S2. The van der Waals surface area contributed by atoms with Crippen LogP contribution >= 0.6 is 34.3 Å². The molecule has 1 N–H and O–H groups in total. The average molecular weight is 457 g/mol. The van der Waals surface area contributed by atoms with Crippen LogP contribution in [0.3, 0.4) is 0 Å². The highest BCUT2D eigenvalue weighted by Gasteiger charge is 2.32. The Hall–Kier alpha value is -2.68. The number of rotatable bonds is 5. The normalized spacial score (nSPS) is 14.8. The topological polar surface area (TPSA) is 69.3 Å². The van der Waals surface area contributed by atoms with Gasteiger partial charge >= 0.3 is 11.8 Å². The first-order chi connectivity index (χ1) is 14.6. The van der Waals surface area contributed by atoms with Gasteiger partial charge in [0.25, 0.3) is 0 Å². The molecule has 1 aliphatic heterocycles. The molecule has 0 radical (unpaired) electrons. The third-order valence-corrected chi connectivity index (χ3v) is 7.56. The van der Waals surface area contributed by atoms with E-state index in [1.807, 2.05) is 36.4 Å². The smallest absolute Gasteiger partial charge is 0.312 e. The van der Waals surface area contributed by atoms with Gasteiger partial charge in [0.2, 0.25) is 0 Å². The summed E-state index contributed by atoms with van der Waals surface area (Å²) in [6.45, 7) is 1.86. The molecule has 5 rings (SSSR count). The molecule has 5 heterocycles. The predicted octanol–water partition coefficient (Wildman–Crippen LogP) is 4.38. The Morgan fingerprint density at radius 2 is 1.70 bits per heavy atom. The largest absolute Gasteiger partial charge is 0.357 e. The Kier molecular flexibility index (Phi) is 5.06. The van der Waals surface area contributed by atoms with Gasteiger partial charge in [0.1, 0.15) is 0 Å². The van der Waals surface area contributed by atoms with Crippen LogP contribution in [0.2, 0.25) is 4.34 Å². The van der Waals surface area contributed by atoms with Crippen LogP contribution in [0.15, 0.2) is 48.8 Å². The van der Waals surface area contributed by atoms with Crippen LogP contribution in [-0.2, 0) is 22.7 Å². The number of carbonyl (C=O) groups excluding carboxylic acids is 2. The van der Waals surface area contributed by atoms with Crippen molar-refractivity contribution >= 4 is 57.0 Å². The van der Waals surface area contributed by atoms with Crippen molar-refractivity contribution in [3.8, 4) is 9.75 Å². The summed E-state index contributed by atoms with van der Waals surface area (Å²) < 4.78 is 0.753. The SMILES string of the molecule is O=C1C(=O)N(Cc2ccc(-c3ccc(Cl)s3)s2)CCN1Cc1cc2cnccc2[nH]1. The number of amides is 2. The van der Waals surface area contributed by atoms with Crippen molar-refractivity contribution < 1.29 is 9.59 Å². The highest BCUT2D eigenvalue weighted by Crippen LogP contribution is 2.35. The van der Waals surface area contributed by atoms with Crippen molar-refractivity contribution in [3.63, 3.8) is 0 Å². The number of aromatic nitrogens is 2. The summed E-state index contributed by atoms with van der Waals surface area (Å²) in [5.41, 5.74) is 1.86. The van der Waals surface area contributed by atoms with E-state index in [1.165, 1.54) is 11.3 Å². The number of hydrogen-bond donors (Lipinski definition) is 1. The summed E-state index contributed by atoms with van der Waals surface area (Å²) in [6.07, 6.45) is 3.50. The lowest BCUT2D eigenvalue weighted by atomic mass is 10.2. The maximum atomic E-state index is 12.7. The second-order valence-corrected chi connectivity index (χ2v) is 9.96. The minimum atomic E-state index is -0.458. The molecule has 152 valence electrons. The van der Waals surface area contributed by atoms with Gasteiger partial charge in [-0.15, -0.1) is 22.7 Å². The van der Waals surface area contributed by atoms with E-state index < -0.39 is 11.8 Å². The van der Waals surface area contributed by atoms with E-state index in [2.05, 4.69) is 9.97 Å². The molecule has 1 saturated heterocycles. The number of hydrogen-bond acceptors (Lipinski definition) is 5. The zero-order valence-electron chi connectivity index (χ0n) is 15.8. The van der Waals surface area contributed by atoms with Crippen molar-refractivity contribution in [2.45, 2.75) is 13.1 Å². The highest BCUT2D eigenvalue weighted by atomic mass is 35.5. The third kappa shape index (κ3) is 3.74. The first-order valence-corrected chi connectivity index (χ1v) is 11.4. The van der Waals surface area contributed by atoms with Crippen LogP contribution < -0.4 is 0 Å². The van der Waals surface area contributed by atoms with E-state index in [9.17, 15) is 9.59 Å². The van der Waals surface area contributed by atoms with Crippen LogP contribution in [0.25, 0.3) is 20.7 Å². The molecule has 0 spiro atoms. The fraction of sp³-hybridized carbons (Fsp3) is 0.190. The van der Waals surface area contributed by atoms with E-state index in [-0.39, 0.29) is 0 Å². The maximum absolute atomic E-state index is 12.7. The van der Waals surface area contributed by atoms with Gasteiger partial charge in [-0.1, -0.05) is 11.6 Å². The molecule has 4 aromatic heterocycles. The van der Waals surface area contributed by atoms with Gasteiger partial charge in [-0.05, 0) is 36.4 Å². The monoisotopic (exact) mass is 456 g/mol. The number of carbonyl (C=O) groups is 2. The van der Waals surface area contributed by atoms with Crippen LogP contribution in [-0.4, -0.2) is 44.7 Å². The Labute approximate surface area is 185 Å². The number of aromatic amines is 1. The number of nitrogens with one attached hydrogen (secondary N) is 1. The van der Waals surface area contributed by atoms with E-state index >= 15 is 0 Å². The van der Waals surface area contributed by atoms with E-state index in [0.717, 1.165) is 35.6 Å². The maximum Gasteiger partial charge on any atom is 0.312 e. The lowest BCUT2D eigenvalue weighted by Gasteiger charge is -2.33. The molecule has 0 unspecified atom stereocenters. The number of piperazine rings is 1. The second-order valence-electron chi connectivity index (χ2n) is 7.08. The number of H-pyrrole nitrogens is 1. The summed E-state index contributed by atoms with van der Waals surface area (Å²) in [5, 5.41) is 0.991. The average Bonchev–Trinajstić information content (AvgIpc) is 3.46. The molecule has 2 amide bonds. The van der Waals surface area contributed by atoms with Gasteiger partial charge in [0, 0.05) is 56.7 Å². The number of halogens is 1. The Balaban J connectivity index is 1.25. The van der Waals surface area contributed by atoms with E-state index in [4.69, 9.17) is 11.6 Å². The zero-order valence-corrected chi connectivity index (χ0v) is 18.2. The van der Waals surface area contributed by atoms with Gasteiger partial charge in [-0.25, -0.2) is 0 Å². The predicted molar refractivity (Wildman–Crippen MR) is 120 cm³/mol. The van der Waals surface area contributed by atoms with Crippen molar-refractivity contribution in [1.29, 1.82) is 0 Å². The minimum Gasteiger partial charge on any atom is -0.357 e. The summed E-state index contributed by atoms with van der Waals surface area (Å²) >= 11 is 9.18. The molecular weight excluding hydrogens is 440 g/mol. The molecule has 1 aliphatic rings. The first kappa shape index (κ1) is 19.3. The van der Waals surface area contributed by atoms with Crippen LogP contribution in [0.5, 0.6) is 0 Å². The third-order valence-electron chi connectivity index (χ3n) is 5.06. The molecule has 30 heavy (non-hydrogen) atoms. The number of thiophene rings is 2. The fourth-order valence-electron chi connectivity index (χ4n) is 3.57. The zero-order chi connectivity index (χ0) is 20.7. The van der Waals surface area contributed by atoms with Crippen LogP contribution in [0.4, 0.5) is 0 Å². The second kappa shape index (κ2) is 7.86. The van der Waals surface area contributed by atoms with Crippen molar-refractivity contribution in [2.75, 3.05) is 13.1 Å². The number of nitrogens with zero attached hydrogens (tertiary/aromatic N) is 3. The lowest BCUT2D eigenvalue weighted by molar-refractivity contribution is -0.156. The first-order valence-electron chi connectivity index (χ1n) is 9.41. The molecule has 0 atom stereocenters. The summed E-state index contributed by atoms with van der Waals surface area (Å²) in [4.78, 5) is 39.3. The Bertz CT molecular complexity index is 1210. The van der Waals surface area contributed by atoms with Gasteiger partial charge < -0.3 is 14.8 Å². The van der Waals surface area contributed by atoms with Gasteiger partial charge in [0.05, 0.1) is 17.4 Å². The fourth-order valence-corrected chi connectivity index (χ4v) is 5.73. The van der Waals surface area contributed by atoms with Crippen LogP contribution in [0.1, 0.15) is 10.6 Å². The Morgan fingerprint density at radius 1 is 0.967 bits per heavy atom. The summed E-state index contributed by atoms with van der Waals surface area (Å²) in [5.74, 6) is -0.909. The summed E-state index contributed by atoms with van der Waals surface area (Å²) in [7, 11) is 0. The van der Waals surface area contributed by atoms with Crippen molar-refractivity contribution in [2.24, 2.45) is 0 Å². The van der Waals surface area contributed by atoms with Crippen molar-refractivity contribution in [1.82, 2.24) is 19.8 Å². The highest BCUT2D eigenvalue weighted by molar-refractivity contribution is 7.24. The van der Waals surface area contributed by atoms with Gasteiger partial charge in [-0.2, -0.15) is 0 Å². The minimum absolute atomic E-state index is 0.384. The standard InChI is InChI=1S/C21H17ClN4O2S2/c22-19-4-3-18(30-19)17-2-1-15(29-17)12-26-8-7-25(20(27)21(26)28)11-14-9-13-10-23-6-5-16(13)24-14/h1-6,9-10,24H,7-8,11-12H2.